The van der Waals surface area contributed by atoms with E-state index in [2.05, 4.69) is 39.8 Å². The maximum atomic E-state index is 10.3. The smallest absolute Gasteiger partial charge is 0.102 e. The topological polar surface area (TPSA) is 38.7 Å². The van der Waals surface area contributed by atoms with Gasteiger partial charge >= 0.3 is 0 Å². The molecule has 0 spiro atoms. The minimum Gasteiger partial charge on any atom is -0.386 e. The van der Waals surface area contributed by atoms with Crippen LogP contribution in [0.25, 0.3) is 0 Å². The Labute approximate surface area is 128 Å². The largest absolute Gasteiger partial charge is 0.386 e. The lowest BCUT2D eigenvalue weighted by Crippen LogP contribution is -2.34. The van der Waals surface area contributed by atoms with Crippen LogP contribution < -0.4 is 0 Å². The van der Waals surface area contributed by atoms with Crippen LogP contribution in [0.4, 0.5) is 0 Å². The molecular weight excluding hydrogens is 264 g/mol. The summed E-state index contributed by atoms with van der Waals surface area (Å²) in [4.78, 5) is 0. The summed E-state index contributed by atoms with van der Waals surface area (Å²) in [6.45, 7) is 8.84. The lowest BCUT2D eigenvalue weighted by molar-refractivity contribution is -0.113. The van der Waals surface area contributed by atoms with Crippen molar-refractivity contribution in [3.8, 4) is 0 Å². The van der Waals surface area contributed by atoms with Crippen LogP contribution in [0.15, 0.2) is 24.3 Å². The normalized spacial score (nSPS) is 27.8. The molecule has 21 heavy (non-hydrogen) atoms. The van der Waals surface area contributed by atoms with Gasteiger partial charge in [0.05, 0.1) is 24.9 Å². The number of hydrogen-bond acceptors (Lipinski definition) is 3. The number of rotatable bonds is 5. The zero-order valence-electron chi connectivity index (χ0n) is 13.6. The van der Waals surface area contributed by atoms with Gasteiger partial charge in [0, 0.05) is 0 Å². The Morgan fingerprint density at radius 3 is 2.14 bits per heavy atom. The maximum Gasteiger partial charge on any atom is 0.102 e. The molecule has 1 aliphatic rings. The Kier molecular flexibility index (Phi) is 5.80. The molecule has 2 rings (SSSR count). The molecule has 1 aromatic rings. The molecule has 1 N–H and O–H groups in total. The second kappa shape index (κ2) is 7.39. The second-order valence-electron chi connectivity index (χ2n) is 6.52. The van der Waals surface area contributed by atoms with Crippen molar-refractivity contribution < 1.29 is 14.6 Å². The summed E-state index contributed by atoms with van der Waals surface area (Å²) in [6, 6.07) is 8.17. The lowest BCUT2D eigenvalue weighted by Gasteiger charge is -2.32. The number of aliphatic hydroxyl groups excluding tert-OH is 1. The van der Waals surface area contributed by atoms with Crippen molar-refractivity contribution in [1.29, 1.82) is 0 Å². The number of ether oxygens (including phenoxy) is 2. The monoisotopic (exact) mass is 292 g/mol. The average Bonchev–Trinajstić information content (AvgIpc) is 2.44. The van der Waals surface area contributed by atoms with E-state index in [-0.39, 0.29) is 18.3 Å². The van der Waals surface area contributed by atoms with E-state index in [1.165, 1.54) is 5.56 Å². The summed E-state index contributed by atoms with van der Waals surface area (Å²) in [6.07, 6.45) is 1.92. The number of hydrogen-bond donors (Lipinski definition) is 1. The van der Waals surface area contributed by atoms with Gasteiger partial charge < -0.3 is 14.6 Å². The summed E-state index contributed by atoms with van der Waals surface area (Å²) in [7, 11) is 0. The highest BCUT2D eigenvalue weighted by Crippen LogP contribution is 2.24. The lowest BCUT2D eigenvalue weighted by atomic mass is 10.00. The summed E-state index contributed by atoms with van der Waals surface area (Å²) >= 11 is 0. The van der Waals surface area contributed by atoms with Crippen molar-refractivity contribution >= 4 is 0 Å². The fraction of sp³-hybridized carbons (Fsp3) is 0.667. The third kappa shape index (κ3) is 4.80. The van der Waals surface area contributed by atoms with Gasteiger partial charge in [-0.2, -0.15) is 0 Å². The molecule has 0 aliphatic carbocycles. The van der Waals surface area contributed by atoms with Crippen molar-refractivity contribution in [2.45, 2.75) is 70.9 Å². The summed E-state index contributed by atoms with van der Waals surface area (Å²) in [5.41, 5.74) is 2.21. The van der Waals surface area contributed by atoms with E-state index in [1.807, 2.05) is 12.1 Å². The molecule has 3 heteroatoms. The summed E-state index contributed by atoms with van der Waals surface area (Å²) in [5.74, 6) is 0.512. The molecule has 1 saturated heterocycles. The quantitative estimate of drug-likeness (QED) is 0.896. The van der Waals surface area contributed by atoms with Gasteiger partial charge in [0.1, 0.15) is 6.10 Å². The molecule has 0 radical (unpaired) electrons. The van der Waals surface area contributed by atoms with Crippen LogP contribution in [0.5, 0.6) is 0 Å². The predicted molar refractivity (Wildman–Crippen MR) is 84.5 cm³/mol. The average molecular weight is 292 g/mol. The predicted octanol–water partition coefficient (Wildman–Crippen LogP) is 3.82. The van der Waals surface area contributed by atoms with Gasteiger partial charge in [-0.05, 0) is 43.7 Å². The van der Waals surface area contributed by atoms with Crippen LogP contribution in [0.1, 0.15) is 63.7 Å². The van der Waals surface area contributed by atoms with Crippen LogP contribution in [-0.4, -0.2) is 30.0 Å². The van der Waals surface area contributed by atoms with Gasteiger partial charge in [-0.25, -0.2) is 0 Å². The molecule has 1 aromatic carbocycles. The van der Waals surface area contributed by atoms with Crippen LogP contribution in [0.2, 0.25) is 0 Å². The van der Waals surface area contributed by atoms with Gasteiger partial charge in [0.25, 0.3) is 0 Å². The molecular formula is C18H28O3. The van der Waals surface area contributed by atoms with Gasteiger partial charge in [-0.1, -0.05) is 38.1 Å². The molecule has 0 amide bonds. The van der Waals surface area contributed by atoms with Crippen molar-refractivity contribution in [2.75, 3.05) is 6.61 Å². The fourth-order valence-corrected chi connectivity index (χ4v) is 2.91. The van der Waals surface area contributed by atoms with E-state index in [0.717, 1.165) is 18.4 Å². The first-order valence-corrected chi connectivity index (χ1v) is 8.00. The molecule has 0 saturated carbocycles. The molecule has 0 aromatic heterocycles. The van der Waals surface area contributed by atoms with Gasteiger partial charge in [0.15, 0.2) is 0 Å². The SMILES string of the molecule is CC1CC(OCC(O)c2ccc(C(C)C)cc2)CC(C)O1. The highest BCUT2D eigenvalue weighted by molar-refractivity contribution is 5.26. The molecule has 1 fully saturated rings. The van der Waals surface area contributed by atoms with Crippen LogP contribution in [-0.2, 0) is 9.47 Å². The summed E-state index contributed by atoms with van der Waals surface area (Å²) in [5, 5.41) is 10.3. The van der Waals surface area contributed by atoms with Crippen LogP contribution >= 0.6 is 0 Å². The third-order valence-corrected chi connectivity index (χ3v) is 4.13. The van der Waals surface area contributed by atoms with Crippen molar-refractivity contribution in [3.63, 3.8) is 0 Å². The summed E-state index contributed by atoms with van der Waals surface area (Å²) < 4.78 is 11.6. The maximum absolute atomic E-state index is 10.3. The molecule has 1 aliphatic heterocycles. The highest BCUT2D eigenvalue weighted by atomic mass is 16.5. The third-order valence-electron chi connectivity index (χ3n) is 4.13. The van der Waals surface area contributed by atoms with Crippen molar-refractivity contribution in [3.05, 3.63) is 35.4 Å². The van der Waals surface area contributed by atoms with E-state index in [0.29, 0.717) is 12.5 Å². The minimum absolute atomic E-state index is 0.188. The molecule has 0 bridgehead atoms. The van der Waals surface area contributed by atoms with E-state index >= 15 is 0 Å². The Hall–Kier alpha value is -0.900. The van der Waals surface area contributed by atoms with Crippen LogP contribution in [0.3, 0.4) is 0 Å². The highest BCUT2D eigenvalue weighted by Gasteiger charge is 2.25. The fourth-order valence-electron chi connectivity index (χ4n) is 2.91. The molecule has 118 valence electrons. The Bertz CT molecular complexity index is 417. The van der Waals surface area contributed by atoms with E-state index < -0.39 is 6.10 Å². The first-order valence-electron chi connectivity index (χ1n) is 8.00. The molecule has 3 atom stereocenters. The first-order chi connectivity index (χ1) is 9.95. The standard InChI is InChI=1S/C18H28O3/c1-12(2)15-5-7-16(8-6-15)18(19)11-20-17-9-13(3)21-14(4)10-17/h5-8,12-14,17-19H,9-11H2,1-4H3. The second-order valence-corrected chi connectivity index (χ2v) is 6.52. The molecule has 1 heterocycles. The van der Waals surface area contributed by atoms with Gasteiger partial charge in [-0.15, -0.1) is 0 Å². The zero-order chi connectivity index (χ0) is 15.4. The molecule has 3 nitrogen and oxygen atoms in total. The van der Waals surface area contributed by atoms with Gasteiger partial charge in [-0.3, -0.25) is 0 Å². The Morgan fingerprint density at radius 1 is 1.10 bits per heavy atom. The van der Waals surface area contributed by atoms with E-state index in [4.69, 9.17) is 9.47 Å². The number of benzene rings is 1. The Morgan fingerprint density at radius 2 is 1.62 bits per heavy atom. The zero-order valence-corrected chi connectivity index (χ0v) is 13.6. The van der Waals surface area contributed by atoms with Crippen LogP contribution in [0, 0.1) is 0 Å². The van der Waals surface area contributed by atoms with Gasteiger partial charge in [0.2, 0.25) is 0 Å². The molecule has 3 unspecified atom stereocenters. The first kappa shape index (κ1) is 16.5. The van der Waals surface area contributed by atoms with Crippen molar-refractivity contribution in [2.24, 2.45) is 0 Å². The van der Waals surface area contributed by atoms with Crippen molar-refractivity contribution in [1.82, 2.24) is 0 Å². The Balaban J connectivity index is 1.85. The minimum atomic E-state index is -0.556. The van der Waals surface area contributed by atoms with E-state index in [9.17, 15) is 5.11 Å². The van der Waals surface area contributed by atoms with E-state index in [1.54, 1.807) is 0 Å². The number of aliphatic hydroxyl groups is 1.